The largest absolute Gasteiger partial charge is 0.362 e. The van der Waals surface area contributed by atoms with Gasteiger partial charge in [-0.25, -0.2) is 17.2 Å². The van der Waals surface area contributed by atoms with Crippen molar-refractivity contribution in [3.8, 4) is 0 Å². The molecule has 0 aromatic heterocycles. The van der Waals surface area contributed by atoms with Crippen LogP contribution in [0, 0.1) is 21.7 Å². The fourth-order valence-corrected chi connectivity index (χ4v) is 5.25. The van der Waals surface area contributed by atoms with Crippen LogP contribution in [0.15, 0.2) is 41.3 Å². The highest BCUT2D eigenvalue weighted by Gasteiger charge is 2.30. The average molecular weight is 483 g/mol. The summed E-state index contributed by atoms with van der Waals surface area (Å²) >= 11 is 0. The Labute approximate surface area is 190 Å². The third-order valence-electron chi connectivity index (χ3n) is 5.56. The Morgan fingerprint density at radius 1 is 1.06 bits per heavy atom. The van der Waals surface area contributed by atoms with E-state index < -0.39 is 32.5 Å². The van der Waals surface area contributed by atoms with E-state index in [9.17, 15) is 32.1 Å². The van der Waals surface area contributed by atoms with Crippen LogP contribution < -0.4 is 4.90 Å². The van der Waals surface area contributed by atoms with Crippen LogP contribution in [0.4, 0.5) is 20.2 Å². The van der Waals surface area contributed by atoms with Crippen LogP contribution in [0.3, 0.4) is 0 Å². The Kier molecular flexibility index (Phi) is 7.28. The quantitative estimate of drug-likeness (QED) is 0.444. The molecular weight excluding hydrogens is 458 g/mol. The van der Waals surface area contributed by atoms with Gasteiger partial charge in [0.25, 0.3) is 11.6 Å². The summed E-state index contributed by atoms with van der Waals surface area (Å²) in [6.45, 7) is 4.59. The second-order valence-corrected chi connectivity index (χ2v) is 9.34. The fourth-order valence-electron chi connectivity index (χ4n) is 3.77. The summed E-state index contributed by atoms with van der Waals surface area (Å²) in [6, 6.07) is 6.51. The van der Waals surface area contributed by atoms with Gasteiger partial charge in [0.15, 0.2) is 0 Å². The van der Waals surface area contributed by atoms with Crippen molar-refractivity contribution in [3.63, 3.8) is 0 Å². The van der Waals surface area contributed by atoms with Gasteiger partial charge in [-0.2, -0.15) is 4.31 Å². The lowest BCUT2D eigenvalue weighted by Gasteiger charge is -2.36. The number of hydrogen-bond acceptors (Lipinski definition) is 6. The smallest absolute Gasteiger partial charge is 0.293 e. The molecule has 1 aliphatic rings. The van der Waals surface area contributed by atoms with Gasteiger partial charge >= 0.3 is 0 Å². The lowest BCUT2D eigenvalue weighted by atomic mass is 10.1. The Hall–Kier alpha value is -3.12. The minimum Gasteiger partial charge on any atom is -0.362 e. The minimum absolute atomic E-state index is 0.159. The molecule has 1 aliphatic heterocycles. The number of sulfonamides is 1. The van der Waals surface area contributed by atoms with Crippen molar-refractivity contribution >= 4 is 27.3 Å². The van der Waals surface area contributed by atoms with E-state index in [2.05, 4.69) is 0 Å². The molecule has 1 amide bonds. The van der Waals surface area contributed by atoms with Gasteiger partial charge in [-0.05, 0) is 24.3 Å². The lowest BCUT2D eigenvalue weighted by Crippen LogP contribution is -2.49. The van der Waals surface area contributed by atoms with E-state index in [0.717, 1.165) is 18.2 Å². The number of carbonyl (C=O) groups is 1. The molecule has 0 atom stereocenters. The summed E-state index contributed by atoms with van der Waals surface area (Å²) < 4.78 is 53.8. The molecule has 0 saturated carbocycles. The molecule has 2 aromatic rings. The monoisotopic (exact) mass is 482 g/mol. The summed E-state index contributed by atoms with van der Waals surface area (Å²) in [5, 5.41) is 11.7. The molecule has 2 aromatic carbocycles. The first kappa shape index (κ1) is 24.5. The minimum atomic E-state index is -3.87. The molecule has 1 saturated heterocycles. The highest BCUT2D eigenvalue weighted by molar-refractivity contribution is 7.89. The zero-order chi connectivity index (χ0) is 24.3. The van der Waals surface area contributed by atoms with E-state index in [0.29, 0.717) is 6.07 Å². The number of anilines is 1. The third kappa shape index (κ3) is 4.96. The van der Waals surface area contributed by atoms with Gasteiger partial charge in [0.2, 0.25) is 10.0 Å². The molecule has 0 bridgehead atoms. The van der Waals surface area contributed by atoms with Crippen LogP contribution in [0.5, 0.6) is 0 Å². The van der Waals surface area contributed by atoms with Gasteiger partial charge < -0.3 is 9.80 Å². The molecule has 1 fully saturated rings. The molecule has 1 heterocycles. The number of piperazine rings is 1. The van der Waals surface area contributed by atoms with Gasteiger partial charge in [-0.15, -0.1) is 0 Å². The first-order valence-corrected chi connectivity index (χ1v) is 11.8. The zero-order valence-electron chi connectivity index (χ0n) is 18.2. The topological polar surface area (TPSA) is 104 Å². The number of rotatable bonds is 7. The summed E-state index contributed by atoms with van der Waals surface area (Å²) in [5.41, 5.74) is -0.368. The summed E-state index contributed by atoms with van der Waals surface area (Å²) in [4.78, 5) is 26.6. The molecule has 33 heavy (non-hydrogen) atoms. The molecule has 12 heteroatoms. The molecular formula is C21H24F2N4O5S. The number of carbonyl (C=O) groups excluding carboxylic acids is 1. The van der Waals surface area contributed by atoms with Gasteiger partial charge in [0.05, 0.1) is 15.4 Å². The lowest BCUT2D eigenvalue weighted by molar-refractivity contribution is -0.384. The van der Waals surface area contributed by atoms with Crippen LogP contribution in [0.2, 0.25) is 0 Å². The molecule has 0 spiro atoms. The first-order valence-electron chi connectivity index (χ1n) is 10.4. The van der Waals surface area contributed by atoms with Crippen LogP contribution in [0.25, 0.3) is 0 Å². The Bertz CT molecular complexity index is 1160. The van der Waals surface area contributed by atoms with Crippen LogP contribution in [-0.4, -0.2) is 67.7 Å². The maximum Gasteiger partial charge on any atom is 0.293 e. The van der Waals surface area contributed by atoms with Crippen molar-refractivity contribution in [2.45, 2.75) is 18.7 Å². The van der Waals surface area contributed by atoms with E-state index in [1.165, 1.54) is 21.3 Å². The number of halogens is 2. The Morgan fingerprint density at radius 2 is 1.70 bits per heavy atom. The van der Waals surface area contributed by atoms with Crippen molar-refractivity contribution in [3.05, 3.63) is 63.7 Å². The van der Waals surface area contributed by atoms with E-state index >= 15 is 0 Å². The average Bonchev–Trinajstić information content (AvgIpc) is 2.79. The van der Waals surface area contributed by atoms with Gasteiger partial charge in [0, 0.05) is 51.4 Å². The maximum atomic E-state index is 14.0. The molecule has 0 unspecified atom stereocenters. The standard InChI is InChI=1S/C21H24F2N4O5S/c1-3-26(4-2)33(31,32)16-6-8-19(20(14-16)27(29)30)24-9-11-25(12-10-24)21(28)17-7-5-15(22)13-18(17)23/h5-8,13-14H,3-4,9-12H2,1-2H3. The van der Waals surface area contributed by atoms with Crippen molar-refractivity contribution < 1.29 is 26.9 Å². The molecule has 0 N–H and O–H groups in total. The van der Waals surface area contributed by atoms with E-state index in [1.54, 1.807) is 18.7 Å². The number of nitrogens with zero attached hydrogens (tertiary/aromatic N) is 4. The highest BCUT2D eigenvalue weighted by Crippen LogP contribution is 2.32. The van der Waals surface area contributed by atoms with Crippen LogP contribution in [0.1, 0.15) is 24.2 Å². The Balaban J connectivity index is 1.81. The third-order valence-corrected chi connectivity index (χ3v) is 7.60. The number of nitro benzene ring substituents is 1. The van der Waals surface area contributed by atoms with Crippen LogP contribution >= 0.6 is 0 Å². The van der Waals surface area contributed by atoms with Gasteiger partial charge in [-0.3, -0.25) is 14.9 Å². The SMILES string of the molecule is CCN(CC)S(=O)(=O)c1ccc(N2CCN(C(=O)c3ccc(F)cc3F)CC2)c([N+](=O)[O-])c1. The second-order valence-electron chi connectivity index (χ2n) is 7.40. The normalized spacial score (nSPS) is 14.6. The highest BCUT2D eigenvalue weighted by atomic mass is 32.2. The van der Waals surface area contributed by atoms with Crippen molar-refractivity contribution in [1.82, 2.24) is 9.21 Å². The summed E-state index contributed by atoms with van der Waals surface area (Å²) in [7, 11) is -3.87. The number of nitro groups is 1. The second kappa shape index (κ2) is 9.79. The molecule has 3 rings (SSSR count). The van der Waals surface area contributed by atoms with E-state index in [4.69, 9.17) is 0 Å². The summed E-state index contributed by atoms with van der Waals surface area (Å²) in [5.74, 6) is -2.34. The molecule has 9 nitrogen and oxygen atoms in total. The molecule has 0 aliphatic carbocycles. The number of hydrogen-bond donors (Lipinski definition) is 0. The number of benzene rings is 2. The van der Waals surface area contributed by atoms with E-state index in [-0.39, 0.29) is 61.1 Å². The fraction of sp³-hybridized carbons (Fsp3) is 0.381. The van der Waals surface area contributed by atoms with Crippen molar-refractivity contribution in [2.75, 3.05) is 44.2 Å². The predicted molar refractivity (Wildman–Crippen MR) is 118 cm³/mol. The first-order chi connectivity index (χ1) is 15.6. The molecule has 178 valence electrons. The number of amides is 1. The van der Waals surface area contributed by atoms with Crippen molar-refractivity contribution in [2.24, 2.45) is 0 Å². The Morgan fingerprint density at radius 3 is 2.24 bits per heavy atom. The predicted octanol–water partition coefficient (Wildman–Crippen LogP) is 2.87. The van der Waals surface area contributed by atoms with E-state index in [1.807, 2.05) is 0 Å². The summed E-state index contributed by atoms with van der Waals surface area (Å²) in [6.07, 6.45) is 0. The van der Waals surface area contributed by atoms with Crippen LogP contribution in [-0.2, 0) is 10.0 Å². The van der Waals surface area contributed by atoms with Crippen molar-refractivity contribution in [1.29, 1.82) is 0 Å². The molecule has 0 radical (unpaired) electrons. The van der Waals surface area contributed by atoms with Gasteiger partial charge in [-0.1, -0.05) is 13.8 Å². The maximum absolute atomic E-state index is 14.0. The zero-order valence-corrected chi connectivity index (χ0v) is 19.0. The van der Waals surface area contributed by atoms with Gasteiger partial charge in [0.1, 0.15) is 17.3 Å².